The molecule has 2 aromatic heterocycles. The molecule has 0 aromatic carbocycles. The fraction of sp³-hybridized carbons (Fsp3) is 0.357. The predicted octanol–water partition coefficient (Wildman–Crippen LogP) is 3.10. The third-order valence-corrected chi connectivity index (χ3v) is 4.85. The molecule has 1 atom stereocenters. The molecule has 19 heavy (non-hydrogen) atoms. The van der Waals surface area contributed by atoms with E-state index in [2.05, 4.69) is 11.4 Å². The van der Waals surface area contributed by atoms with E-state index in [1.54, 1.807) is 11.3 Å². The molecule has 1 amide bonds. The zero-order chi connectivity index (χ0) is 13.5. The quantitative estimate of drug-likeness (QED) is 0.824. The Morgan fingerprint density at radius 1 is 1.21 bits per heavy atom. The molecular weight excluding hydrogens is 278 g/mol. The van der Waals surface area contributed by atoms with E-state index in [0.29, 0.717) is 12.5 Å². The van der Waals surface area contributed by atoms with E-state index in [0.717, 1.165) is 17.7 Å². The number of carbonyl (C=O) groups is 1. The van der Waals surface area contributed by atoms with Gasteiger partial charge < -0.3 is 10.4 Å². The van der Waals surface area contributed by atoms with Crippen molar-refractivity contribution in [2.75, 3.05) is 13.2 Å². The van der Waals surface area contributed by atoms with Crippen LogP contribution in [0.4, 0.5) is 0 Å². The molecule has 1 unspecified atom stereocenters. The third-order valence-electron chi connectivity index (χ3n) is 2.95. The lowest BCUT2D eigenvalue weighted by atomic mass is 10.00. The molecule has 0 saturated carbocycles. The summed E-state index contributed by atoms with van der Waals surface area (Å²) in [6.07, 6.45) is 1.60. The monoisotopic (exact) mass is 295 g/mol. The van der Waals surface area contributed by atoms with Crippen molar-refractivity contribution in [3.8, 4) is 0 Å². The molecule has 3 nitrogen and oxygen atoms in total. The molecule has 2 N–H and O–H groups in total. The second-order valence-corrected chi connectivity index (χ2v) is 6.17. The Kier molecular flexibility index (Phi) is 5.57. The van der Waals surface area contributed by atoms with Crippen LogP contribution in [0.3, 0.4) is 0 Å². The van der Waals surface area contributed by atoms with E-state index in [1.165, 1.54) is 16.2 Å². The van der Waals surface area contributed by atoms with Crippen molar-refractivity contribution in [1.29, 1.82) is 0 Å². The summed E-state index contributed by atoms with van der Waals surface area (Å²) in [4.78, 5) is 13.8. The standard InChI is InChI=1S/C14H17NO2S2/c16-8-6-11(12-3-1-9-18-12)5-7-15-14(17)13-4-2-10-19-13/h1-4,9-11,16H,5-8H2,(H,15,17). The molecule has 2 rings (SSSR count). The van der Waals surface area contributed by atoms with E-state index in [-0.39, 0.29) is 12.5 Å². The van der Waals surface area contributed by atoms with Gasteiger partial charge in [-0.25, -0.2) is 0 Å². The first-order chi connectivity index (χ1) is 9.31. The van der Waals surface area contributed by atoms with Crippen molar-refractivity contribution in [3.63, 3.8) is 0 Å². The van der Waals surface area contributed by atoms with Crippen LogP contribution in [-0.2, 0) is 0 Å². The highest BCUT2D eigenvalue weighted by atomic mass is 32.1. The average Bonchev–Trinajstić information content (AvgIpc) is 3.10. The Bertz CT molecular complexity index is 480. The molecule has 0 saturated heterocycles. The van der Waals surface area contributed by atoms with Gasteiger partial charge in [0, 0.05) is 18.0 Å². The molecule has 0 fully saturated rings. The Morgan fingerprint density at radius 3 is 2.63 bits per heavy atom. The van der Waals surface area contributed by atoms with Gasteiger partial charge in [0.05, 0.1) is 4.88 Å². The van der Waals surface area contributed by atoms with Crippen LogP contribution in [0.25, 0.3) is 0 Å². The topological polar surface area (TPSA) is 49.3 Å². The van der Waals surface area contributed by atoms with Gasteiger partial charge in [0.15, 0.2) is 0 Å². The van der Waals surface area contributed by atoms with E-state index < -0.39 is 0 Å². The number of hydrogen-bond acceptors (Lipinski definition) is 4. The van der Waals surface area contributed by atoms with Gasteiger partial charge in [0.25, 0.3) is 5.91 Å². The largest absolute Gasteiger partial charge is 0.396 e. The Hall–Kier alpha value is -1.17. The van der Waals surface area contributed by atoms with Gasteiger partial charge in [-0.1, -0.05) is 12.1 Å². The number of carbonyl (C=O) groups excluding carboxylic acids is 1. The molecule has 102 valence electrons. The van der Waals surface area contributed by atoms with Gasteiger partial charge in [-0.05, 0) is 41.7 Å². The van der Waals surface area contributed by atoms with Gasteiger partial charge in [-0.3, -0.25) is 4.79 Å². The van der Waals surface area contributed by atoms with Gasteiger partial charge in [0.1, 0.15) is 0 Å². The van der Waals surface area contributed by atoms with Crippen LogP contribution in [0.5, 0.6) is 0 Å². The molecule has 0 radical (unpaired) electrons. The number of hydrogen-bond donors (Lipinski definition) is 2. The maximum atomic E-state index is 11.8. The van der Waals surface area contributed by atoms with Crippen molar-refractivity contribution in [1.82, 2.24) is 5.32 Å². The van der Waals surface area contributed by atoms with Crippen molar-refractivity contribution < 1.29 is 9.90 Å². The molecule has 0 aliphatic heterocycles. The van der Waals surface area contributed by atoms with Crippen LogP contribution in [0.2, 0.25) is 0 Å². The van der Waals surface area contributed by atoms with Crippen LogP contribution in [0.15, 0.2) is 35.0 Å². The number of thiophene rings is 2. The summed E-state index contributed by atoms with van der Waals surface area (Å²) in [6, 6.07) is 7.81. The molecule has 5 heteroatoms. The van der Waals surface area contributed by atoms with Crippen LogP contribution in [-0.4, -0.2) is 24.2 Å². The Balaban J connectivity index is 1.81. The molecule has 0 bridgehead atoms. The highest BCUT2D eigenvalue weighted by Crippen LogP contribution is 2.26. The maximum absolute atomic E-state index is 11.8. The van der Waals surface area contributed by atoms with E-state index in [4.69, 9.17) is 5.11 Å². The number of rotatable bonds is 7. The fourth-order valence-corrected chi connectivity index (χ4v) is 3.50. The molecule has 0 aliphatic rings. The van der Waals surface area contributed by atoms with Gasteiger partial charge in [-0.2, -0.15) is 0 Å². The summed E-state index contributed by atoms with van der Waals surface area (Å²) >= 11 is 3.15. The van der Waals surface area contributed by atoms with E-state index in [1.807, 2.05) is 29.0 Å². The average molecular weight is 295 g/mol. The van der Waals surface area contributed by atoms with Gasteiger partial charge in [-0.15, -0.1) is 22.7 Å². The van der Waals surface area contributed by atoms with Crippen LogP contribution < -0.4 is 5.32 Å². The lowest BCUT2D eigenvalue weighted by Gasteiger charge is -2.14. The smallest absolute Gasteiger partial charge is 0.261 e. The molecule has 0 aliphatic carbocycles. The minimum atomic E-state index is -0.0103. The summed E-state index contributed by atoms with van der Waals surface area (Å²) in [6.45, 7) is 0.820. The predicted molar refractivity (Wildman–Crippen MR) is 80.0 cm³/mol. The van der Waals surface area contributed by atoms with Gasteiger partial charge in [0.2, 0.25) is 0 Å². The first-order valence-electron chi connectivity index (χ1n) is 6.27. The molecular formula is C14H17NO2S2. The zero-order valence-electron chi connectivity index (χ0n) is 10.5. The summed E-state index contributed by atoms with van der Waals surface area (Å²) in [7, 11) is 0. The van der Waals surface area contributed by atoms with Crippen LogP contribution >= 0.6 is 22.7 Å². The van der Waals surface area contributed by atoms with E-state index >= 15 is 0 Å². The highest BCUT2D eigenvalue weighted by Gasteiger charge is 2.13. The van der Waals surface area contributed by atoms with Crippen molar-refractivity contribution in [3.05, 3.63) is 44.8 Å². The summed E-state index contributed by atoms with van der Waals surface area (Å²) < 4.78 is 0. The number of nitrogens with one attached hydrogen (secondary N) is 1. The maximum Gasteiger partial charge on any atom is 0.261 e. The second-order valence-electron chi connectivity index (χ2n) is 4.25. The van der Waals surface area contributed by atoms with Crippen LogP contribution in [0.1, 0.15) is 33.3 Å². The minimum absolute atomic E-state index is 0.0103. The van der Waals surface area contributed by atoms with Crippen molar-refractivity contribution in [2.24, 2.45) is 0 Å². The molecule has 0 spiro atoms. The molecule has 2 aromatic rings. The van der Waals surface area contributed by atoms with Crippen molar-refractivity contribution >= 4 is 28.6 Å². The van der Waals surface area contributed by atoms with Crippen LogP contribution in [0, 0.1) is 0 Å². The van der Waals surface area contributed by atoms with E-state index in [9.17, 15) is 4.79 Å². The minimum Gasteiger partial charge on any atom is -0.396 e. The third kappa shape index (κ3) is 4.16. The van der Waals surface area contributed by atoms with Crippen molar-refractivity contribution in [2.45, 2.75) is 18.8 Å². The number of amides is 1. The highest BCUT2D eigenvalue weighted by molar-refractivity contribution is 7.12. The SMILES string of the molecule is O=C(NCCC(CCO)c1cccs1)c1cccs1. The summed E-state index contributed by atoms with van der Waals surface area (Å²) in [5.74, 6) is 0.317. The lowest BCUT2D eigenvalue weighted by Crippen LogP contribution is -2.24. The summed E-state index contributed by atoms with van der Waals surface area (Å²) in [5, 5.41) is 16.0. The summed E-state index contributed by atoms with van der Waals surface area (Å²) in [5.41, 5.74) is 0. The Labute approximate surface area is 120 Å². The Morgan fingerprint density at radius 2 is 2.00 bits per heavy atom. The normalized spacial score (nSPS) is 12.3. The molecule has 2 heterocycles. The second kappa shape index (κ2) is 7.43. The zero-order valence-corrected chi connectivity index (χ0v) is 12.2. The van der Waals surface area contributed by atoms with Gasteiger partial charge >= 0.3 is 0 Å². The first-order valence-corrected chi connectivity index (χ1v) is 8.03. The first kappa shape index (κ1) is 14.2. The lowest BCUT2D eigenvalue weighted by molar-refractivity contribution is 0.0956. The number of aliphatic hydroxyl groups is 1. The fourth-order valence-electron chi connectivity index (χ4n) is 1.96. The number of aliphatic hydroxyl groups excluding tert-OH is 1.